The van der Waals surface area contributed by atoms with E-state index in [9.17, 15) is 19.7 Å². The van der Waals surface area contributed by atoms with Crippen LogP contribution in [0.3, 0.4) is 0 Å². The van der Waals surface area contributed by atoms with E-state index < -0.39 is 19.1 Å². The Kier molecular flexibility index (Phi) is 5.44. The summed E-state index contributed by atoms with van der Waals surface area (Å²) in [7, 11) is -4.19. The third-order valence-electron chi connectivity index (χ3n) is 2.30. The fraction of sp³-hybridized carbons (Fsp3) is 0.250. The number of hydrogen-bond donors (Lipinski definition) is 3. The summed E-state index contributed by atoms with van der Waals surface area (Å²) in [6.07, 6.45) is 8.71. The third kappa shape index (κ3) is 3.62. The Hall–Kier alpha value is -1.26. The molecule has 0 amide bonds. The number of allylic oxidation sites excluding steroid dienone is 3. The molecule has 6 heteroatoms. The number of aliphatic hydroxyl groups is 2. The quantitative estimate of drug-likeness (QED) is 0.560. The molecular weight excluding hydrogens is 253 g/mol. The van der Waals surface area contributed by atoms with Crippen molar-refractivity contribution >= 4 is 7.37 Å². The van der Waals surface area contributed by atoms with Gasteiger partial charge in [-0.15, -0.1) is 0 Å². The average Bonchev–Trinajstić information content (AvgIpc) is 2.39. The molecule has 1 aromatic rings. The monoisotopic (exact) mass is 269 g/mol. The topological polar surface area (TPSA) is 90.7 Å². The minimum atomic E-state index is -4.19. The average molecular weight is 269 g/mol. The maximum absolute atomic E-state index is 12.0. The Morgan fingerprint density at radius 1 is 1.39 bits per heavy atom. The lowest BCUT2D eigenvalue weighted by molar-refractivity contribution is 0.203. The van der Waals surface area contributed by atoms with Crippen LogP contribution in [0.5, 0.6) is 0 Å². The van der Waals surface area contributed by atoms with Crippen molar-refractivity contribution < 1.29 is 19.7 Å². The predicted octanol–water partition coefficient (Wildman–Crippen LogP) is 1.79. The van der Waals surface area contributed by atoms with Crippen LogP contribution in [0.4, 0.5) is 0 Å². The largest absolute Gasteiger partial charge is 0.379 e. The lowest BCUT2D eigenvalue weighted by atomic mass is 10.3. The van der Waals surface area contributed by atoms with Gasteiger partial charge in [0.25, 0.3) is 7.37 Å². The standard InChI is InChI=1S/C12H16NO4P/c1-2-3-4-7-11(14)18(16,17)12(15)10-6-5-8-13-9-10/h2-9,11-12,14-15H,1H3,(H,16,17). The molecular formula is C12H16NO4P. The normalized spacial score (nSPS) is 18.9. The third-order valence-corrected chi connectivity index (χ3v) is 4.23. The van der Waals surface area contributed by atoms with Crippen molar-refractivity contribution in [2.75, 3.05) is 0 Å². The van der Waals surface area contributed by atoms with Crippen LogP contribution in [0.1, 0.15) is 18.3 Å². The van der Waals surface area contributed by atoms with Gasteiger partial charge in [0, 0.05) is 18.0 Å². The lowest BCUT2D eigenvalue weighted by Crippen LogP contribution is -2.11. The molecule has 0 aliphatic heterocycles. The summed E-state index contributed by atoms with van der Waals surface area (Å²) in [5.41, 5.74) is 0.196. The van der Waals surface area contributed by atoms with Gasteiger partial charge in [0.05, 0.1) is 0 Å². The van der Waals surface area contributed by atoms with Crippen LogP contribution >= 0.6 is 7.37 Å². The van der Waals surface area contributed by atoms with Crippen LogP contribution in [-0.2, 0) is 4.57 Å². The molecule has 5 nitrogen and oxygen atoms in total. The number of hydrogen-bond acceptors (Lipinski definition) is 4. The minimum Gasteiger partial charge on any atom is -0.379 e. The molecule has 0 aromatic carbocycles. The van der Waals surface area contributed by atoms with E-state index in [0.29, 0.717) is 0 Å². The molecule has 0 saturated heterocycles. The first-order valence-electron chi connectivity index (χ1n) is 5.38. The number of pyridine rings is 1. The van der Waals surface area contributed by atoms with Crippen molar-refractivity contribution in [1.29, 1.82) is 0 Å². The van der Waals surface area contributed by atoms with Gasteiger partial charge in [-0.1, -0.05) is 24.3 Å². The smallest absolute Gasteiger partial charge is 0.264 e. The van der Waals surface area contributed by atoms with E-state index in [1.807, 2.05) is 0 Å². The first kappa shape index (κ1) is 14.8. The Morgan fingerprint density at radius 3 is 2.67 bits per heavy atom. The molecule has 0 bridgehead atoms. The Labute approximate surface area is 106 Å². The first-order valence-corrected chi connectivity index (χ1v) is 7.17. The van der Waals surface area contributed by atoms with Crippen LogP contribution < -0.4 is 0 Å². The van der Waals surface area contributed by atoms with Crippen LogP contribution in [0.2, 0.25) is 0 Å². The van der Waals surface area contributed by atoms with Crippen molar-refractivity contribution in [3.63, 3.8) is 0 Å². The second kappa shape index (κ2) is 6.61. The molecule has 1 rings (SSSR count). The van der Waals surface area contributed by atoms with E-state index in [2.05, 4.69) is 4.98 Å². The van der Waals surface area contributed by atoms with Gasteiger partial charge >= 0.3 is 0 Å². The molecule has 0 radical (unpaired) electrons. The maximum atomic E-state index is 12.0. The molecule has 98 valence electrons. The van der Waals surface area contributed by atoms with Crippen molar-refractivity contribution in [3.05, 3.63) is 54.4 Å². The molecule has 3 N–H and O–H groups in total. The number of aliphatic hydroxyl groups excluding tert-OH is 2. The van der Waals surface area contributed by atoms with Gasteiger partial charge in [0.15, 0.2) is 11.7 Å². The highest BCUT2D eigenvalue weighted by molar-refractivity contribution is 7.58. The summed E-state index contributed by atoms with van der Waals surface area (Å²) in [6.45, 7) is 1.78. The summed E-state index contributed by atoms with van der Waals surface area (Å²) in [4.78, 5) is 13.5. The highest BCUT2D eigenvalue weighted by atomic mass is 31.2. The molecule has 1 heterocycles. The molecule has 3 atom stereocenters. The molecule has 1 aromatic heterocycles. The molecule has 3 unspecified atom stereocenters. The highest BCUT2D eigenvalue weighted by Crippen LogP contribution is 2.57. The zero-order chi connectivity index (χ0) is 13.6. The van der Waals surface area contributed by atoms with Crippen molar-refractivity contribution in [1.82, 2.24) is 4.98 Å². The van der Waals surface area contributed by atoms with Gasteiger partial charge in [-0.25, -0.2) is 0 Å². The number of rotatable bonds is 5. The van der Waals surface area contributed by atoms with E-state index in [1.165, 1.54) is 30.6 Å². The first-order chi connectivity index (χ1) is 8.50. The molecule has 0 fully saturated rings. The molecule has 18 heavy (non-hydrogen) atoms. The maximum Gasteiger partial charge on any atom is 0.264 e. The SMILES string of the molecule is CC=CC=CC(O)P(=O)(O)C(O)c1cccnc1. The van der Waals surface area contributed by atoms with Gasteiger partial charge < -0.3 is 15.1 Å². The molecule has 0 saturated carbocycles. The summed E-state index contributed by atoms with van der Waals surface area (Å²) in [5.74, 6) is -3.28. The van der Waals surface area contributed by atoms with Gasteiger partial charge in [0.1, 0.15) is 0 Å². The highest BCUT2D eigenvalue weighted by Gasteiger charge is 2.36. The Bertz CT molecular complexity index is 472. The number of aromatic nitrogens is 1. The number of nitrogens with zero attached hydrogens (tertiary/aromatic N) is 1. The second-order valence-electron chi connectivity index (χ2n) is 3.66. The van der Waals surface area contributed by atoms with Gasteiger partial charge in [-0.05, 0) is 19.1 Å². The van der Waals surface area contributed by atoms with Crippen LogP contribution in [0.25, 0.3) is 0 Å². The zero-order valence-electron chi connectivity index (χ0n) is 9.92. The fourth-order valence-electron chi connectivity index (χ4n) is 1.28. The van der Waals surface area contributed by atoms with E-state index in [0.717, 1.165) is 0 Å². The second-order valence-corrected chi connectivity index (χ2v) is 6.02. The fourth-order valence-corrected chi connectivity index (χ4v) is 2.50. The van der Waals surface area contributed by atoms with E-state index >= 15 is 0 Å². The van der Waals surface area contributed by atoms with Crippen molar-refractivity contribution in [3.8, 4) is 0 Å². The van der Waals surface area contributed by atoms with Crippen molar-refractivity contribution in [2.24, 2.45) is 0 Å². The van der Waals surface area contributed by atoms with Crippen LogP contribution in [0.15, 0.2) is 48.8 Å². The van der Waals surface area contributed by atoms with Crippen LogP contribution in [-0.4, -0.2) is 25.9 Å². The van der Waals surface area contributed by atoms with Gasteiger partial charge in [-0.2, -0.15) is 0 Å². The lowest BCUT2D eigenvalue weighted by Gasteiger charge is -2.21. The molecule has 0 aliphatic rings. The van der Waals surface area contributed by atoms with E-state index in [4.69, 9.17) is 0 Å². The Morgan fingerprint density at radius 2 is 2.11 bits per heavy atom. The van der Waals surface area contributed by atoms with Gasteiger partial charge in [-0.3, -0.25) is 9.55 Å². The van der Waals surface area contributed by atoms with E-state index in [1.54, 1.807) is 25.1 Å². The summed E-state index contributed by atoms with van der Waals surface area (Å²) < 4.78 is 12.0. The Balaban J connectivity index is 2.89. The summed E-state index contributed by atoms with van der Waals surface area (Å²) >= 11 is 0. The van der Waals surface area contributed by atoms with E-state index in [-0.39, 0.29) is 5.56 Å². The summed E-state index contributed by atoms with van der Waals surface area (Å²) in [6, 6.07) is 3.02. The zero-order valence-corrected chi connectivity index (χ0v) is 10.8. The predicted molar refractivity (Wildman–Crippen MR) is 69.0 cm³/mol. The summed E-state index contributed by atoms with van der Waals surface area (Å²) in [5, 5.41) is 19.4. The van der Waals surface area contributed by atoms with Crippen LogP contribution in [0, 0.1) is 0 Å². The van der Waals surface area contributed by atoms with Gasteiger partial charge in [0.2, 0.25) is 0 Å². The molecule has 0 spiro atoms. The minimum absolute atomic E-state index is 0.196. The van der Waals surface area contributed by atoms with Crippen molar-refractivity contribution in [2.45, 2.75) is 18.6 Å². The molecule has 0 aliphatic carbocycles.